The van der Waals surface area contributed by atoms with Crippen LogP contribution < -0.4 is 28.0 Å². The molecule has 8 nitrogen and oxygen atoms in total. The predicted molar refractivity (Wildman–Crippen MR) is 128 cm³/mol. The molecule has 0 aliphatic rings. The van der Waals surface area contributed by atoms with E-state index in [-0.39, 0.29) is 5.82 Å². The molecule has 0 aliphatic heterocycles. The van der Waals surface area contributed by atoms with Crippen LogP contribution in [0.1, 0.15) is 17.5 Å². The van der Waals surface area contributed by atoms with Crippen LogP contribution in [-0.2, 0) is 6.42 Å². The summed E-state index contributed by atoms with van der Waals surface area (Å²) in [6, 6.07) is 12.3. The number of nitrogens with zero attached hydrogens (tertiary/aromatic N) is 3. The quantitative estimate of drug-likeness (QED) is 0.125. The lowest BCUT2D eigenvalue weighted by atomic mass is 10.1. The summed E-state index contributed by atoms with van der Waals surface area (Å²) in [5.41, 5.74) is 4.81. The number of halogens is 3. The van der Waals surface area contributed by atoms with E-state index in [1.54, 1.807) is 30.3 Å². The molecule has 0 saturated carbocycles. The number of amidine groups is 1. The highest BCUT2D eigenvalue weighted by Gasteiger charge is 2.27. The zero-order valence-corrected chi connectivity index (χ0v) is 19.1. The topological polar surface area (TPSA) is 123 Å². The van der Waals surface area contributed by atoms with Crippen molar-refractivity contribution in [2.75, 3.05) is 11.1 Å². The van der Waals surface area contributed by atoms with Gasteiger partial charge in [0.1, 0.15) is 5.84 Å². The second-order valence-electron chi connectivity index (χ2n) is 7.37. The largest absolute Gasteiger partial charge is 0.398 e. The number of aromatic nitrogens is 2. The van der Waals surface area contributed by atoms with Crippen molar-refractivity contribution in [1.29, 1.82) is 0 Å². The smallest absolute Gasteiger partial charge is 0.335 e. The highest BCUT2D eigenvalue weighted by Crippen LogP contribution is 2.33. The van der Waals surface area contributed by atoms with E-state index in [2.05, 4.69) is 20.8 Å². The summed E-state index contributed by atoms with van der Waals surface area (Å²) in [7, 11) is 0. The molecule has 0 atom stereocenters. The molecule has 0 fully saturated rings. The van der Waals surface area contributed by atoms with Gasteiger partial charge in [-0.25, -0.2) is 10.8 Å². The van der Waals surface area contributed by atoms with Gasteiger partial charge in [0, 0.05) is 29.4 Å². The van der Waals surface area contributed by atoms with Crippen molar-refractivity contribution < 1.29 is 13.2 Å². The van der Waals surface area contributed by atoms with Gasteiger partial charge in [-0.1, -0.05) is 18.2 Å². The average Bonchev–Trinajstić information content (AvgIpc) is 2.80. The van der Waals surface area contributed by atoms with E-state index in [9.17, 15) is 18.0 Å². The number of nitrogens with one attached hydrogen (secondary N) is 2. The summed E-state index contributed by atoms with van der Waals surface area (Å²) in [5, 5.41) is 6.45. The SMILES string of the molecule is Cc1ccc(SCC(F)(F)F)c(Nc2nccn(-c3ccc(CC/C(=N/N)NN)cc3)c2=O)c1. The third-order valence-corrected chi connectivity index (χ3v) is 5.95. The van der Waals surface area contributed by atoms with E-state index in [0.717, 1.165) is 11.1 Å². The lowest BCUT2D eigenvalue weighted by Crippen LogP contribution is -2.31. The summed E-state index contributed by atoms with van der Waals surface area (Å²) in [4.78, 5) is 17.5. The van der Waals surface area contributed by atoms with E-state index in [4.69, 9.17) is 11.7 Å². The summed E-state index contributed by atoms with van der Waals surface area (Å²) < 4.78 is 39.5. The van der Waals surface area contributed by atoms with E-state index >= 15 is 0 Å². The maximum atomic E-state index is 13.1. The Morgan fingerprint density at radius 3 is 2.59 bits per heavy atom. The fraction of sp³-hybridized carbons (Fsp3) is 0.227. The summed E-state index contributed by atoms with van der Waals surface area (Å²) in [6.07, 6.45) is -0.163. The lowest BCUT2D eigenvalue weighted by molar-refractivity contribution is -0.105. The molecule has 0 unspecified atom stereocenters. The Labute approximate surface area is 198 Å². The molecule has 0 aliphatic carbocycles. The van der Waals surface area contributed by atoms with Gasteiger partial charge in [0.05, 0.1) is 11.4 Å². The van der Waals surface area contributed by atoms with Gasteiger partial charge in [-0.3, -0.25) is 9.36 Å². The zero-order valence-electron chi connectivity index (χ0n) is 18.3. The van der Waals surface area contributed by atoms with Crippen molar-refractivity contribution in [3.63, 3.8) is 0 Å². The molecule has 180 valence electrons. The Kier molecular flexibility index (Phi) is 8.18. The van der Waals surface area contributed by atoms with Crippen molar-refractivity contribution in [3.8, 4) is 5.69 Å². The van der Waals surface area contributed by atoms with Gasteiger partial charge in [-0.15, -0.1) is 11.8 Å². The number of thioether (sulfide) groups is 1. The van der Waals surface area contributed by atoms with Crippen LogP contribution in [0.25, 0.3) is 5.69 Å². The lowest BCUT2D eigenvalue weighted by Gasteiger charge is -2.14. The monoisotopic (exact) mass is 491 g/mol. The Morgan fingerprint density at radius 1 is 1.21 bits per heavy atom. The van der Waals surface area contributed by atoms with E-state index in [1.807, 2.05) is 19.1 Å². The van der Waals surface area contributed by atoms with Gasteiger partial charge in [-0.05, 0) is 48.7 Å². The minimum Gasteiger partial charge on any atom is -0.335 e. The van der Waals surface area contributed by atoms with Gasteiger partial charge in [-0.2, -0.15) is 18.3 Å². The van der Waals surface area contributed by atoms with Crippen LogP contribution in [0.3, 0.4) is 0 Å². The van der Waals surface area contributed by atoms with Crippen molar-refractivity contribution in [1.82, 2.24) is 15.0 Å². The molecule has 0 radical (unpaired) electrons. The second kappa shape index (κ2) is 11.1. The minimum atomic E-state index is -4.31. The van der Waals surface area contributed by atoms with Crippen molar-refractivity contribution in [2.45, 2.75) is 30.8 Å². The number of nitrogens with two attached hydrogens (primary N) is 2. The molecule has 0 bridgehead atoms. The number of benzene rings is 2. The second-order valence-corrected chi connectivity index (χ2v) is 8.38. The Morgan fingerprint density at radius 2 is 1.94 bits per heavy atom. The predicted octanol–water partition coefficient (Wildman–Crippen LogP) is 3.61. The molecule has 0 amide bonds. The molecule has 1 heterocycles. The highest BCUT2D eigenvalue weighted by atomic mass is 32.2. The van der Waals surface area contributed by atoms with E-state index < -0.39 is 17.5 Å². The number of hydrazine groups is 1. The number of anilines is 2. The number of hydrazone groups is 1. The first-order valence-corrected chi connectivity index (χ1v) is 11.2. The number of hydrogen-bond donors (Lipinski definition) is 4. The van der Waals surface area contributed by atoms with E-state index in [0.29, 0.717) is 46.7 Å². The number of aryl methyl sites for hydroxylation is 2. The van der Waals surface area contributed by atoms with Crippen LogP contribution in [0.2, 0.25) is 0 Å². The maximum absolute atomic E-state index is 13.1. The normalized spacial score (nSPS) is 12.0. The number of hydrogen-bond acceptors (Lipinski definition) is 7. The molecule has 0 spiro atoms. The molecular weight excluding hydrogens is 467 g/mol. The molecule has 0 saturated heterocycles. The van der Waals surface area contributed by atoms with Crippen LogP contribution in [0.5, 0.6) is 0 Å². The standard InChI is InChI=1S/C22H24F3N7OS/c1-14-2-8-18(34-13-22(23,24)25)17(12-14)29-20-21(33)32(11-10-28-20)16-6-3-15(4-7-16)5-9-19(30-26)31-27/h2-4,6-8,10-12H,5,9,13,26-27H2,1H3,(H,28,29)(H,30,31). The fourth-order valence-corrected chi connectivity index (χ4v) is 3.86. The van der Waals surface area contributed by atoms with Gasteiger partial charge < -0.3 is 16.6 Å². The number of alkyl halides is 3. The Hall–Kier alpha value is -3.51. The molecule has 34 heavy (non-hydrogen) atoms. The minimum absolute atomic E-state index is 0.00357. The summed E-state index contributed by atoms with van der Waals surface area (Å²) in [6.45, 7) is 1.81. The first-order valence-electron chi connectivity index (χ1n) is 10.2. The Balaban J connectivity index is 1.82. The number of rotatable bonds is 8. The average molecular weight is 492 g/mol. The first kappa shape index (κ1) is 25.1. The molecule has 3 rings (SSSR count). The van der Waals surface area contributed by atoms with Crippen molar-refractivity contribution >= 4 is 29.1 Å². The zero-order chi connectivity index (χ0) is 24.7. The van der Waals surface area contributed by atoms with Crippen LogP contribution >= 0.6 is 11.8 Å². The van der Waals surface area contributed by atoms with Gasteiger partial charge >= 0.3 is 6.18 Å². The van der Waals surface area contributed by atoms with Gasteiger partial charge in [0.2, 0.25) is 0 Å². The molecule has 3 aromatic rings. The maximum Gasteiger partial charge on any atom is 0.398 e. The van der Waals surface area contributed by atoms with Crippen LogP contribution in [0.15, 0.2) is 69.6 Å². The highest BCUT2D eigenvalue weighted by molar-refractivity contribution is 7.99. The van der Waals surface area contributed by atoms with Crippen molar-refractivity contribution in [2.24, 2.45) is 16.8 Å². The molecule has 12 heteroatoms. The van der Waals surface area contributed by atoms with Gasteiger partial charge in [0.25, 0.3) is 5.56 Å². The molecule has 2 aromatic carbocycles. The molecule has 6 N–H and O–H groups in total. The first-order chi connectivity index (χ1) is 16.2. The third-order valence-electron chi connectivity index (χ3n) is 4.81. The van der Waals surface area contributed by atoms with Gasteiger partial charge in [0.15, 0.2) is 5.82 Å². The summed E-state index contributed by atoms with van der Waals surface area (Å²) in [5.74, 6) is 9.99. The van der Waals surface area contributed by atoms with Crippen LogP contribution in [-0.4, -0.2) is 27.3 Å². The van der Waals surface area contributed by atoms with Crippen LogP contribution in [0.4, 0.5) is 24.7 Å². The molecule has 1 aromatic heterocycles. The van der Waals surface area contributed by atoms with Crippen LogP contribution in [0, 0.1) is 6.92 Å². The van der Waals surface area contributed by atoms with E-state index in [1.165, 1.54) is 17.0 Å². The summed E-state index contributed by atoms with van der Waals surface area (Å²) >= 11 is 0.647. The molecular formula is C22H24F3N7OS. The van der Waals surface area contributed by atoms with Crippen molar-refractivity contribution in [3.05, 3.63) is 76.3 Å². The Bertz CT molecular complexity index is 1210. The fourth-order valence-electron chi connectivity index (χ4n) is 3.12. The third kappa shape index (κ3) is 6.75.